The van der Waals surface area contributed by atoms with Crippen LogP contribution >= 0.6 is 0 Å². The van der Waals surface area contributed by atoms with Gasteiger partial charge in [-0.1, -0.05) is 39.7 Å². The zero-order valence-electron chi connectivity index (χ0n) is 17.0. The molecule has 26 heavy (non-hydrogen) atoms. The van der Waals surface area contributed by atoms with Gasteiger partial charge in [-0.05, 0) is 68.0 Å². The zero-order chi connectivity index (χ0) is 18.9. The van der Waals surface area contributed by atoms with Crippen LogP contribution < -0.4 is 0 Å². The number of piperidine rings is 1. The Bertz CT molecular complexity index is 670. The first kappa shape index (κ1) is 19.4. The van der Waals surface area contributed by atoms with E-state index in [0.29, 0.717) is 24.0 Å². The molecule has 1 N–H and O–H groups in total. The average Bonchev–Trinajstić information content (AvgIpc) is 2.61. The van der Waals surface area contributed by atoms with Crippen molar-refractivity contribution in [3.05, 3.63) is 29.3 Å². The molecule has 3 heteroatoms. The number of ketones is 1. The number of hydrogen-bond acceptors (Lipinski definition) is 3. The quantitative estimate of drug-likeness (QED) is 0.710. The van der Waals surface area contributed by atoms with Gasteiger partial charge in [-0.3, -0.25) is 4.79 Å². The van der Waals surface area contributed by atoms with Crippen molar-refractivity contribution >= 4 is 5.78 Å². The molecule has 1 heterocycles. The number of likely N-dealkylation sites (N-methyl/N-ethyl adjacent to an activating group) is 1. The highest BCUT2D eigenvalue weighted by atomic mass is 16.3. The maximum Gasteiger partial charge on any atom is 0.132 e. The third-order valence-corrected chi connectivity index (χ3v) is 7.58. The fraction of sp³-hybridized carbons (Fsp3) is 0.696. The van der Waals surface area contributed by atoms with Gasteiger partial charge in [0.15, 0.2) is 0 Å². The molecule has 3 nitrogen and oxygen atoms in total. The Kier molecular flexibility index (Phi) is 5.48. The second-order valence-corrected chi connectivity index (χ2v) is 9.04. The van der Waals surface area contributed by atoms with Gasteiger partial charge in [-0.25, -0.2) is 0 Å². The van der Waals surface area contributed by atoms with E-state index in [1.54, 1.807) is 0 Å². The molecule has 144 valence electrons. The van der Waals surface area contributed by atoms with Crippen molar-refractivity contribution in [2.75, 3.05) is 13.6 Å². The summed E-state index contributed by atoms with van der Waals surface area (Å²) < 4.78 is 0. The Morgan fingerprint density at radius 2 is 2.04 bits per heavy atom. The van der Waals surface area contributed by atoms with Gasteiger partial charge in [-0.2, -0.15) is 0 Å². The topological polar surface area (TPSA) is 40.5 Å². The molecule has 3 atom stereocenters. The van der Waals surface area contributed by atoms with Gasteiger partial charge in [0.05, 0.1) is 0 Å². The summed E-state index contributed by atoms with van der Waals surface area (Å²) in [7, 11) is 2.23. The van der Waals surface area contributed by atoms with Gasteiger partial charge in [0.2, 0.25) is 0 Å². The number of Topliss-reactive ketones (excluding diaryl/α,β-unsaturated/α-hetero) is 1. The van der Waals surface area contributed by atoms with Crippen molar-refractivity contribution in [3.63, 3.8) is 0 Å². The van der Waals surface area contributed by atoms with Crippen molar-refractivity contribution in [2.24, 2.45) is 5.41 Å². The van der Waals surface area contributed by atoms with Gasteiger partial charge in [-0.15, -0.1) is 0 Å². The molecule has 1 aliphatic carbocycles. The van der Waals surface area contributed by atoms with Crippen LogP contribution in [-0.2, 0) is 16.6 Å². The molecule has 0 radical (unpaired) electrons. The molecule has 0 amide bonds. The van der Waals surface area contributed by atoms with Crippen LogP contribution in [0.2, 0.25) is 0 Å². The van der Waals surface area contributed by atoms with Crippen molar-refractivity contribution < 1.29 is 9.90 Å². The Morgan fingerprint density at radius 3 is 2.77 bits per heavy atom. The summed E-state index contributed by atoms with van der Waals surface area (Å²) >= 11 is 0. The van der Waals surface area contributed by atoms with Crippen molar-refractivity contribution in [2.45, 2.75) is 83.6 Å². The number of benzene rings is 1. The van der Waals surface area contributed by atoms with Gasteiger partial charge < -0.3 is 10.0 Å². The SMILES string of the molecule is CCCCCC(=O)CCC1(C)[C@@H]2Cc3ccc(O)cc3[C@]1(C)CCN2C. The highest BCUT2D eigenvalue weighted by Crippen LogP contribution is 2.58. The van der Waals surface area contributed by atoms with Crippen LogP contribution in [0.25, 0.3) is 0 Å². The molecule has 1 saturated heterocycles. The van der Waals surface area contributed by atoms with Crippen LogP contribution in [0.1, 0.15) is 76.8 Å². The van der Waals surface area contributed by atoms with E-state index < -0.39 is 0 Å². The number of nitrogens with zero attached hydrogens (tertiary/aromatic N) is 1. The summed E-state index contributed by atoms with van der Waals surface area (Å²) in [6.45, 7) is 8.01. The predicted molar refractivity (Wildman–Crippen MR) is 107 cm³/mol. The Balaban J connectivity index is 1.86. The minimum atomic E-state index is 0.0141. The second-order valence-electron chi connectivity index (χ2n) is 9.04. The van der Waals surface area contributed by atoms with Crippen LogP contribution in [-0.4, -0.2) is 35.4 Å². The first-order valence-corrected chi connectivity index (χ1v) is 10.4. The minimum Gasteiger partial charge on any atom is -0.508 e. The fourth-order valence-electron chi connectivity index (χ4n) is 5.52. The smallest absolute Gasteiger partial charge is 0.132 e. The van der Waals surface area contributed by atoms with Gasteiger partial charge in [0, 0.05) is 24.3 Å². The highest BCUT2D eigenvalue weighted by Gasteiger charge is 2.57. The molecule has 1 aromatic rings. The number of unbranched alkanes of at least 4 members (excludes halogenated alkanes) is 2. The average molecular weight is 358 g/mol. The molecule has 0 aromatic heterocycles. The molecule has 1 unspecified atom stereocenters. The van der Waals surface area contributed by atoms with E-state index >= 15 is 0 Å². The van der Waals surface area contributed by atoms with Crippen LogP contribution in [0.15, 0.2) is 18.2 Å². The van der Waals surface area contributed by atoms with E-state index in [1.165, 1.54) is 11.1 Å². The number of aromatic hydroxyl groups is 1. The molecule has 0 spiro atoms. The lowest BCUT2D eigenvalue weighted by atomic mass is 9.49. The largest absolute Gasteiger partial charge is 0.508 e. The summed E-state index contributed by atoms with van der Waals surface area (Å²) in [5, 5.41) is 10.1. The number of fused-ring (bicyclic) bond motifs is 4. The molecule has 3 rings (SSSR count). The molecular weight excluding hydrogens is 322 g/mol. The molecular formula is C23H35NO2. The molecule has 2 bridgehead atoms. The van der Waals surface area contributed by atoms with E-state index in [1.807, 2.05) is 12.1 Å². The minimum absolute atomic E-state index is 0.0141. The maximum absolute atomic E-state index is 12.5. The monoisotopic (exact) mass is 357 g/mol. The van der Waals surface area contributed by atoms with Crippen LogP contribution in [0, 0.1) is 5.41 Å². The summed E-state index contributed by atoms with van der Waals surface area (Å²) in [6, 6.07) is 6.36. The van der Waals surface area contributed by atoms with Crippen LogP contribution in [0.5, 0.6) is 5.75 Å². The third kappa shape index (κ3) is 3.19. The lowest BCUT2D eigenvalue weighted by Crippen LogP contribution is -2.64. The van der Waals surface area contributed by atoms with Crippen LogP contribution in [0.4, 0.5) is 0 Å². The second kappa shape index (κ2) is 7.34. The van der Waals surface area contributed by atoms with E-state index in [2.05, 4.69) is 38.8 Å². The van der Waals surface area contributed by atoms with E-state index in [9.17, 15) is 9.90 Å². The number of phenols is 1. The van der Waals surface area contributed by atoms with Crippen molar-refractivity contribution in [3.8, 4) is 5.75 Å². The Morgan fingerprint density at radius 1 is 1.27 bits per heavy atom. The number of likely N-dealkylation sites (tertiary alicyclic amines) is 1. The fourth-order valence-corrected chi connectivity index (χ4v) is 5.52. The van der Waals surface area contributed by atoms with Gasteiger partial charge in [0.1, 0.15) is 11.5 Å². The molecule has 0 saturated carbocycles. The predicted octanol–water partition coefficient (Wildman–Crippen LogP) is 4.85. The molecule has 1 aliphatic heterocycles. The summed E-state index contributed by atoms with van der Waals surface area (Å²) in [5.41, 5.74) is 2.75. The maximum atomic E-state index is 12.5. The molecule has 1 aromatic carbocycles. The third-order valence-electron chi connectivity index (χ3n) is 7.58. The summed E-state index contributed by atoms with van der Waals surface area (Å²) in [4.78, 5) is 15.0. The van der Waals surface area contributed by atoms with Crippen molar-refractivity contribution in [1.82, 2.24) is 4.90 Å². The Hall–Kier alpha value is -1.35. The molecule has 1 fully saturated rings. The van der Waals surface area contributed by atoms with Crippen LogP contribution in [0.3, 0.4) is 0 Å². The Labute approximate surface area is 158 Å². The van der Waals surface area contributed by atoms with E-state index in [4.69, 9.17) is 0 Å². The first-order valence-electron chi connectivity index (χ1n) is 10.4. The zero-order valence-corrected chi connectivity index (χ0v) is 17.0. The number of carbonyl (C=O) groups is 1. The number of hydrogen-bond donors (Lipinski definition) is 1. The first-order chi connectivity index (χ1) is 12.3. The number of rotatable bonds is 7. The lowest BCUT2D eigenvalue weighted by molar-refractivity contribution is -0.121. The van der Waals surface area contributed by atoms with Gasteiger partial charge in [0.25, 0.3) is 0 Å². The lowest BCUT2D eigenvalue weighted by Gasteiger charge is -2.62. The van der Waals surface area contributed by atoms with Gasteiger partial charge >= 0.3 is 0 Å². The molecule has 2 aliphatic rings. The summed E-state index contributed by atoms with van der Waals surface area (Å²) in [6.07, 6.45) is 7.81. The van der Waals surface area contributed by atoms with Crippen molar-refractivity contribution in [1.29, 1.82) is 0 Å². The highest BCUT2D eigenvalue weighted by molar-refractivity contribution is 5.78. The standard InChI is InChI=1S/C23H35NO2/c1-5-6-7-8-18(25)11-12-23(3)21-15-17-9-10-19(26)16-20(17)22(23,2)13-14-24(21)4/h9-10,16,21,26H,5-8,11-15H2,1-4H3/t21-,22-,23?/m0/s1. The summed E-state index contributed by atoms with van der Waals surface area (Å²) in [5.74, 6) is 0.783. The van der Waals surface area contributed by atoms with E-state index in [-0.39, 0.29) is 10.8 Å². The normalized spacial score (nSPS) is 30.8. The number of carbonyl (C=O) groups excluding carboxylic acids is 1. The number of phenolic OH excluding ortho intramolecular Hbond substituents is 1. The van der Waals surface area contributed by atoms with E-state index in [0.717, 1.165) is 51.5 Å².